The topological polar surface area (TPSA) is 25.8 Å². The average molecular weight is 621 g/mol. The molecule has 2 nitrogen and oxygen atoms in total. The molecule has 0 unspecified atom stereocenters. The first-order chi connectivity index (χ1) is 22.8. The van der Waals surface area contributed by atoms with Crippen LogP contribution in [-0.4, -0.2) is 9.97 Å². The summed E-state index contributed by atoms with van der Waals surface area (Å²) in [5.74, 6) is 0.763. The average Bonchev–Trinajstić information content (AvgIpc) is 3.67. The van der Waals surface area contributed by atoms with E-state index in [1.807, 2.05) is 11.3 Å². The molecule has 0 aliphatic heterocycles. The Labute approximate surface area is 278 Å². The lowest BCUT2D eigenvalue weighted by Gasteiger charge is -2.22. The Balaban J connectivity index is 1.24. The number of fused-ring (bicyclic) bond motifs is 12. The highest BCUT2D eigenvalue weighted by Crippen LogP contribution is 2.55. The third-order valence-electron chi connectivity index (χ3n) is 10.9. The maximum Gasteiger partial charge on any atom is 0.160 e. The first-order valence-corrected chi connectivity index (χ1v) is 17.2. The van der Waals surface area contributed by atoms with Crippen molar-refractivity contribution < 1.29 is 0 Å². The molecule has 2 aliphatic carbocycles. The van der Waals surface area contributed by atoms with Gasteiger partial charge in [0.05, 0.1) is 11.2 Å². The summed E-state index contributed by atoms with van der Waals surface area (Å²) in [7, 11) is 0. The molecule has 6 aromatic carbocycles. The number of benzene rings is 6. The van der Waals surface area contributed by atoms with Crippen molar-refractivity contribution in [2.75, 3.05) is 0 Å². The fourth-order valence-electron chi connectivity index (χ4n) is 8.51. The largest absolute Gasteiger partial charge is 0.228 e. The molecule has 0 fully saturated rings. The molecule has 0 atom stereocenters. The van der Waals surface area contributed by atoms with Crippen LogP contribution in [-0.2, 0) is 10.8 Å². The molecule has 2 aromatic heterocycles. The second-order valence-corrected chi connectivity index (χ2v) is 15.2. The molecule has 0 bridgehead atoms. The highest BCUT2D eigenvalue weighted by Gasteiger charge is 2.39. The van der Waals surface area contributed by atoms with Crippen molar-refractivity contribution in [2.24, 2.45) is 0 Å². The SMILES string of the molecule is CC1(C)c2ccc(-c3nc(-c4ccccc4)c4c5c(ccc4n3)C(C)(C)c3ccccc3-5)cc2-c2c1ccc1c2sc2ccccc21. The molecule has 10 rings (SSSR count). The smallest absolute Gasteiger partial charge is 0.160 e. The number of thiophene rings is 1. The summed E-state index contributed by atoms with van der Waals surface area (Å²) >= 11 is 1.91. The van der Waals surface area contributed by atoms with Gasteiger partial charge in [0.2, 0.25) is 0 Å². The molecule has 0 N–H and O–H groups in total. The monoisotopic (exact) mass is 620 g/mol. The molecular weight excluding hydrogens is 589 g/mol. The van der Waals surface area contributed by atoms with Gasteiger partial charge in [0, 0.05) is 53.1 Å². The van der Waals surface area contributed by atoms with Crippen molar-refractivity contribution in [1.29, 1.82) is 0 Å². The van der Waals surface area contributed by atoms with Gasteiger partial charge in [0.15, 0.2) is 5.82 Å². The fraction of sp³-hybridized carbons (Fsp3) is 0.136. The Hall–Kier alpha value is -5.12. The Morgan fingerprint density at radius 2 is 1.19 bits per heavy atom. The molecule has 224 valence electrons. The molecule has 0 saturated carbocycles. The van der Waals surface area contributed by atoms with Crippen LogP contribution in [0.4, 0.5) is 0 Å². The number of aromatic nitrogens is 2. The summed E-state index contributed by atoms with van der Waals surface area (Å²) in [5, 5.41) is 3.80. The lowest BCUT2D eigenvalue weighted by Crippen LogP contribution is -2.15. The van der Waals surface area contributed by atoms with Gasteiger partial charge in [-0.3, -0.25) is 0 Å². The lowest BCUT2D eigenvalue weighted by atomic mass is 9.82. The highest BCUT2D eigenvalue weighted by molar-refractivity contribution is 7.26. The Morgan fingerprint density at radius 1 is 0.511 bits per heavy atom. The van der Waals surface area contributed by atoms with E-state index >= 15 is 0 Å². The van der Waals surface area contributed by atoms with Crippen LogP contribution in [0, 0.1) is 0 Å². The molecular formula is C44H32N2S. The Morgan fingerprint density at radius 3 is 2.04 bits per heavy atom. The van der Waals surface area contributed by atoms with Gasteiger partial charge in [-0.05, 0) is 57.1 Å². The van der Waals surface area contributed by atoms with Crippen LogP contribution >= 0.6 is 11.3 Å². The zero-order valence-electron chi connectivity index (χ0n) is 26.8. The van der Waals surface area contributed by atoms with Crippen LogP contribution in [0.3, 0.4) is 0 Å². The number of hydrogen-bond acceptors (Lipinski definition) is 3. The second kappa shape index (κ2) is 9.24. The summed E-state index contributed by atoms with van der Waals surface area (Å²) in [4.78, 5) is 10.8. The van der Waals surface area contributed by atoms with Crippen LogP contribution < -0.4 is 0 Å². The molecule has 3 heteroatoms. The maximum absolute atomic E-state index is 5.45. The zero-order chi connectivity index (χ0) is 31.7. The first-order valence-electron chi connectivity index (χ1n) is 16.4. The summed E-state index contributed by atoms with van der Waals surface area (Å²) < 4.78 is 2.70. The highest BCUT2D eigenvalue weighted by atomic mass is 32.1. The van der Waals surface area contributed by atoms with E-state index in [2.05, 4.69) is 149 Å². The van der Waals surface area contributed by atoms with E-state index in [1.54, 1.807) is 0 Å². The van der Waals surface area contributed by atoms with Gasteiger partial charge < -0.3 is 0 Å². The second-order valence-electron chi connectivity index (χ2n) is 14.2. The molecule has 47 heavy (non-hydrogen) atoms. The molecule has 0 spiro atoms. The fourth-order valence-corrected chi connectivity index (χ4v) is 9.77. The van der Waals surface area contributed by atoms with Crippen molar-refractivity contribution in [1.82, 2.24) is 9.97 Å². The number of nitrogens with zero attached hydrogens (tertiary/aromatic N) is 2. The van der Waals surface area contributed by atoms with Crippen molar-refractivity contribution >= 4 is 42.4 Å². The van der Waals surface area contributed by atoms with Gasteiger partial charge >= 0.3 is 0 Å². The standard InChI is InChI=1S/C44H32N2S/c1-43(2)31-16-10-8-15-29(31)37-33(43)22-23-35-39(37)40(25-12-6-5-7-13-25)46-42(45-35)26-18-20-32-30(24-26)38-34(44(32,3)4)21-19-28-27-14-9-11-17-36(27)47-41(28)38/h5-24H,1-4H3. The minimum Gasteiger partial charge on any atom is -0.228 e. The summed E-state index contributed by atoms with van der Waals surface area (Å²) in [5.41, 5.74) is 14.6. The molecule has 0 amide bonds. The van der Waals surface area contributed by atoms with Crippen LogP contribution in [0.15, 0.2) is 121 Å². The summed E-state index contributed by atoms with van der Waals surface area (Å²) in [6, 6.07) is 44.4. The molecule has 2 heterocycles. The van der Waals surface area contributed by atoms with E-state index < -0.39 is 0 Å². The van der Waals surface area contributed by atoms with Gasteiger partial charge in [-0.15, -0.1) is 11.3 Å². The van der Waals surface area contributed by atoms with Crippen molar-refractivity contribution in [3.63, 3.8) is 0 Å². The van der Waals surface area contributed by atoms with Crippen LogP contribution in [0.1, 0.15) is 49.9 Å². The summed E-state index contributed by atoms with van der Waals surface area (Å²) in [6.45, 7) is 9.38. The number of rotatable bonds is 2. The molecule has 2 aliphatic rings. The molecule has 0 saturated heterocycles. The normalized spacial score (nSPS) is 15.1. The number of hydrogen-bond donors (Lipinski definition) is 0. The van der Waals surface area contributed by atoms with E-state index in [4.69, 9.17) is 9.97 Å². The maximum atomic E-state index is 5.45. The van der Waals surface area contributed by atoms with Crippen molar-refractivity contribution in [3.8, 4) is 44.9 Å². The van der Waals surface area contributed by atoms with E-state index in [9.17, 15) is 0 Å². The van der Waals surface area contributed by atoms with E-state index in [0.717, 1.165) is 33.5 Å². The van der Waals surface area contributed by atoms with Crippen LogP contribution in [0.25, 0.3) is 76.0 Å². The third-order valence-corrected chi connectivity index (χ3v) is 12.1. The Bertz CT molecular complexity index is 2620. The van der Waals surface area contributed by atoms with Gasteiger partial charge in [-0.1, -0.05) is 131 Å². The van der Waals surface area contributed by atoms with Gasteiger partial charge in [-0.2, -0.15) is 0 Å². The molecule has 8 aromatic rings. The van der Waals surface area contributed by atoms with E-state index in [-0.39, 0.29) is 10.8 Å². The minimum absolute atomic E-state index is 0.0895. The van der Waals surface area contributed by atoms with E-state index in [1.165, 1.54) is 64.7 Å². The predicted octanol–water partition coefficient (Wildman–Crippen LogP) is 11.9. The van der Waals surface area contributed by atoms with Crippen molar-refractivity contribution in [3.05, 3.63) is 144 Å². The quantitative estimate of drug-likeness (QED) is 0.192. The Kier molecular flexibility index (Phi) is 5.32. The van der Waals surface area contributed by atoms with Gasteiger partial charge in [0.25, 0.3) is 0 Å². The van der Waals surface area contributed by atoms with Crippen molar-refractivity contribution in [2.45, 2.75) is 38.5 Å². The molecule has 0 radical (unpaired) electrons. The summed E-state index contributed by atoms with van der Waals surface area (Å²) in [6.07, 6.45) is 0. The van der Waals surface area contributed by atoms with Crippen LogP contribution in [0.5, 0.6) is 0 Å². The van der Waals surface area contributed by atoms with E-state index in [0.29, 0.717) is 0 Å². The minimum atomic E-state index is -0.0924. The van der Waals surface area contributed by atoms with Gasteiger partial charge in [-0.25, -0.2) is 9.97 Å². The third kappa shape index (κ3) is 3.55. The zero-order valence-corrected chi connectivity index (χ0v) is 27.7. The first kappa shape index (κ1) is 27.0. The van der Waals surface area contributed by atoms with Crippen LogP contribution in [0.2, 0.25) is 0 Å². The predicted molar refractivity (Wildman–Crippen MR) is 198 cm³/mol. The lowest BCUT2D eigenvalue weighted by molar-refractivity contribution is 0.660. The van der Waals surface area contributed by atoms with Gasteiger partial charge in [0.1, 0.15) is 0 Å².